The van der Waals surface area contributed by atoms with Gasteiger partial charge in [-0.15, -0.1) is 24.0 Å². The van der Waals surface area contributed by atoms with Crippen molar-refractivity contribution in [2.75, 3.05) is 45.8 Å². The highest BCUT2D eigenvalue weighted by Crippen LogP contribution is 2.19. The van der Waals surface area contributed by atoms with E-state index in [9.17, 15) is 9.18 Å². The smallest absolute Gasteiger partial charge is 0.234 e. The Hall–Kier alpha value is -1.13. The van der Waals surface area contributed by atoms with Crippen molar-refractivity contribution in [1.82, 2.24) is 20.4 Å². The van der Waals surface area contributed by atoms with Gasteiger partial charge >= 0.3 is 0 Å². The van der Waals surface area contributed by atoms with E-state index >= 15 is 0 Å². The van der Waals surface area contributed by atoms with Crippen LogP contribution < -0.4 is 10.6 Å². The lowest BCUT2D eigenvalue weighted by molar-refractivity contribution is -0.122. The summed E-state index contributed by atoms with van der Waals surface area (Å²) in [5.41, 5.74) is 0.509. The van der Waals surface area contributed by atoms with Crippen LogP contribution >= 0.6 is 35.6 Å². The molecule has 0 atom stereocenters. The third-order valence-corrected chi connectivity index (χ3v) is 5.36. The van der Waals surface area contributed by atoms with Gasteiger partial charge in [0, 0.05) is 55.9 Å². The Kier molecular flexibility index (Phi) is 9.91. The van der Waals surface area contributed by atoms with E-state index in [1.807, 2.05) is 6.92 Å². The fourth-order valence-electron chi connectivity index (χ4n) is 3.29. The van der Waals surface area contributed by atoms with Crippen molar-refractivity contribution in [3.05, 3.63) is 34.6 Å². The molecule has 2 aliphatic rings. The van der Waals surface area contributed by atoms with Crippen LogP contribution in [0.25, 0.3) is 0 Å². The number of nitrogens with one attached hydrogen (secondary N) is 2. The maximum Gasteiger partial charge on any atom is 0.234 e. The van der Waals surface area contributed by atoms with Gasteiger partial charge in [-0.25, -0.2) is 4.39 Å². The van der Waals surface area contributed by atoms with Crippen LogP contribution in [0.1, 0.15) is 25.3 Å². The van der Waals surface area contributed by atoms with E-state index < -0.39 is 0 Å². The molecular formula is C20H30ClFIN5O. The van der Waals surface area contributed by atoms with Crippen molar-refractivity contribution in [2.24, 2.45) is 4.99 Å². The van der Waals surface area contributed by atoms with Crippen molar-refractivity contribution in [3.8, 4) is 0 Å². The molecule has 0 aromatic heterocycles. The van der Waals surface area contributed by atoms with Crippen molar-refractivity contribution in [2.45, 2.75) is 32.2 Å². The van der Waals surface area contributed by atoms with Crippen LogP contribution in [0.15, 0.2) is 23.2 Å². The summed E-state index contributed by atoms with van der Waals surface area (Å²) in [5, 5.41) is 6.79. The normalized spacial score (nSPS) is 17.6. The highest BCUT2D eigenvalue weighted by molar-refractivity contribution is 14.0. The number of guanidine groups is 1. The molecule has 2 N–H and O–H groups in total. The van der Waals surface area contributed by atoms with Crippen molar-refractivity contribution >= 4 is 47.4 Å². The van der Waals surface area contributed by atoms with E-state index in [0.29, 0.717) is 36.1 Å². The predicted octanol–water partition coefficient (Wildman–Crippen LogP) is 2.50. The summed E-state index contributed by atoms with van der Waals surface area (Å²) in [5.74, 6) is 0.668. The zero-order valence-corrected chi connectivity index (χ0v) is 19.9. The average molecular weight is 538 g/mol. The first-order valence-electron chi connectivity index (χ1n) is 10.0. The fourth-order valence-corrected chi connectivity index (χ4v) is 3.55. The number of benzene rings is 1. The Labute approximate surface area is 194 Å². The van der Waals surface area contributed by atoms with Crippen molar-refractivity contribution < 1.29 is 9.18 Å². The lowest BCUT2D eigenvalue weighted by Crippen LogP contribution is -2.54. The molecular weight excluding hydrogens is 508 g/mol. The lowest BCUT2D eigenvalue weighted by Gasteiger charge is -2.36. The molecule has 9 heteroatoms. The quantitative estimate of drug-likeness (QED) is 0.319. The van der Waals surface area contributed by atoms with Crippen LogP contribution in [0.4, 0.5) is 4.39 Å². The molecule has 1 aromatic carbocycles. The second kappa shape index (κ2) is 11.9. The molecule has 0 radical (unpaired) electrons. The number of hydrogen-bond donors (Lipinski definition) is 2. The van der Waals surface area contributed by atoms with Gasteiger partial charge in [0.05, 0.1) is 6.54 Å². The minimum atomic E-state index is -0.286. The van der Waals surface area contributed by atoms with Crippen LogP contribution in [-0.4, -0.2) is 73.5 Å². The number of carbonyl (C=O) groups excluding carboxylic acids is 1. The molecule has 6 nitrogen and oxygen atoms in total. The molecule has 1 aliphatic carbocycles. The molecule has 0 bridgehead atoms. The highest BCUT2D eigenvalue weighted by atomic mass is 127. The van der Waals surface area contributed by atoms with Crippen molar-refractivity contribution in [3.63, 3.8) is 0 Å². The Morgan fingerprint density at radius 1 is 1.28 bits per heavy atom. The van der Waals surface area contributed by atoms with Crippen LogP contribution in [-0.2, 0) is 11.2 Å². The Morgan fingerprint density at radius 2 is 2.00 bits per heavy atom. The number of aliphatic imine (C=N–C) groups is 1. The highest BCUT2D eigenvalue weighted by Gasteiger charge is 2.25. The Balaban J connectivity index is 0.00000300. The van der Waals surface area contributed by atoms with E-state index in [4.69, 9.17) is 11.6 Å². The van der Waals surface area contributed by atoms with Crippen molar-refractivity contribution in [1.29, 1.82) is 0 Å². The zero-order valence-electron chi connectivity index (χ0n) is 16.8. The number of carbonyl (C=O) groups is 1. The summed E-state index contributed by atoms with van der Waals surface area (Å²) < 4.78 is 13.9. The summed E-state index contributed by atoms with van der Waals surface area (Å²) >= 11 is 6.09. The minimum absolute atomic E-state index is 0. The maximum atomic E-state index is 13.9. The number of halogens is 3. The van der Waals surface area contributed by atoms with Gasteiger partial charge in [-0.1, -0.05) is 17.7 Å². The molecule has 1 heterocycles. The first-order chi connectivity index (χ1) is 13.6. The molecule has 1 saturated heterocycles. The number of amides is 1. The van der Waals surface area contributed by atoms with E-state index in [1.165, 1.54) is 6.07 Å². The molecule has 0 spiro atoms. The average Bonchev–Trinajstić information content (AvgIpc) is 3.48. The number of nitrogens with zero attached hydrogens (tertiary/aromatic N) is 3. The molecule has 2 fully saturated rings. The SMILES string of the molecule is CCNC(=NCCc1c(F)cccc1Cl)N1CCN(CC(=O)NC2CC2)CC1.I. The molecule has 1 aliphatic heterocycles. The summed E-state index contributed by atoms with van der Waals surface area (Å²) in [6.45, 7) is 6.98. The van der Waals surface area contributed by atoms with Gasteiger partial charge in [0.1, 0.15) is 5.82 Å². The first kappa shape index (κ1) is 24.1. The number of rotatable bonds is 7. The third-order valence-electron chi connectivity index (χ3n) is 5.00. The second-order valence-corrected chi connectivity index (χ2v) is 7.70. The fraction of sp³-hybridized carbons (Fsp3) is 0.600. The molecule has 1 saturated carbocycles. The topological polar surface area (TPSA) is 60.0 Å². The van der Waals surface area contributed by atoms with Crippen LogP contribution in [0.5, 0.6) is 0 Å². The standard InChI is InChI=1S/C20H29ClFN5O.HI/c1-2-23-20(24-9-8-16-17(21)4-3-5-18(16)22)27-12-10-26(11-13-27)14-19(28)25-15-6-7-15;/h3-5,15H,2,6-14H2,1H3,(H,23,24)(H,25,28);1H. The molecule has 29 heavy (non-hydrogen) atoms. The Morgan fingerprint density at radius 3 is 2.62 bits per heavy atom. The van der Waals surface area contributed by atoms with E-state index in [2.05, 4.69) is 25.4 Å². The third kappa shape index (κ3) is 7.57. The van der Waals surface area contributed by atoms with Gasteiger partial charge in [0.15, 0.2) is 5.96 Å². The Bertz CT molecular complexity index is 688. The second-order valence-electron chi connectivity index (χ2n) is 7.29. The minimum Gasteiger partial charge on any atom is -0.357 e. The molecule has 1 amide bonds. The van der Waals surface area contributed by atoms with Gasteiger partial charge in [-0.3, -0.25) is 14.7 Å². The zero-order chi connectivity index (χ0) is 19.9. The summed E-state index contributed by atoms with van der Waals surface area (Å²) in [4.78, 5) is 21.0. The summed E-state index contributed by atoms with van der Waals surface area (Å²) in [6.07, 6.45) is 2.68. The van der Waals surface area contributed by atoms with Gasteiger partial charge in [-0.2, -0.15) is 0 Å². The van der Waals surface area contributed by atoms with E-state index in [-0.39, 0.29) is 35.7 Å². The number of hydrogen-bond acceptors (Lipinski definition) is 3. The van der Waals surface area contributed by atoms with Gasteiger partial charge in [0.25, 0.3) is 0 Å². The largest absolute Gasteiger partial charge is 0.357 e. The van der Waals surface area contributed by atoms with Crippen LogP contribution in [0.2, 0.25) is 5.02 Å². The van der Waals surface area contributed by atoms with E-state index in [1.54, 1.807) is 12.1 Å². The first-order valence-corrected chi connectivity index (χ1v) is 10.4. The van der Waals surface area contributed by atoms with E-state index in [0.717, 1.165) is 51.5 Å². The molecule has 1 aromatic rings. The molecule has 162 valence electrons. The summed E-state index contributed by atoms with van der Waals surface area (Å²) in [7, 11) is 0. The molecule has 3 rings (SSSR count). The maximum absolute atomic E-state index is 13.9. The lowest BCUT2D eigenvalue weighted by atomic mass is 10.1. The van der Waals surface area contributed by atoms with Gasteiger partial charge < -0.3 is 15.5 Å². The predicted molar refractivity (Wildman–Crippen MR) is 126 cm³/mol. The van der Waals surface area contributed by atoms with Gasteiger partial charge in [-0.05, 0) is 38.3 Å². The molecule has 0 unspecified atom stereocenters. The summed E-state index contributed by atoms with van der Waals surface area (Å²) in [6, 6.07) is 5.14. The van der Waals surface area contributed by atoms with Crippen LogP contribution in [0.3, 0.4) is 0 Å². The van der Waals surface area contributed by atoms with Crippen LogP contribution in [0, 0.1) is 5.82 Å². The van der Waals surface area contributed by atoms with Gasteiger partial charge in [0.2, 0.25) is 5.91 Å². The number of piperazine rings is 1. The monoisotopic (exact) mass is 537 g/mol.